The van der Waals surface area contributed by atoms with Crippen LogP contribution in [0.25, 0.3) is 17.4 Å². The zero-order valence-corrected chi connectivity index (χ0v) is 26.2. The summed E-state index contributed by atoms with van der Waals surface area (Å²) in [4.78, 5) is 40.0. The highest BCUT2D eigenvalue weighted by Crippen LogP contribution is 2.27. The van der Waals surface area contributed by atoms with Gasteiger partial charge in [-0.3, -0.25) is 14.4 Å². The second kappa shape index (κ2) is 15.5. The number of amides is 3. The van der Waals surface area contributed by atoms with E-state index in [-0.39, 0.29) is 16.9 Å². The predicted molar refractivity (Wildman–Crippen MR) is 183 cm³/mol. The van der Waals surface area contributed by atoms with Crippen LogP contribution in [0.2, 0.25) is 0 Å². The van der Waals surface area contributed by atoms with Crippen LogP contribution in [0, 0.1) is 0 Å². The Morgan fingerprint density at radius 3 is 2.09 bits per heavy atom. The molecular weight excluding hydrogens is 598 g/mol. The highest BCUT2D eigenvalue weighted by Gasteiger charge is 2.18. The molecule has 232 valence electrons. The van der Waals surface area contributed by atoms with Gasteiger partial charge in [0.25, 0.3) is 11.8 Å². The number of furan rings is 1. The number of anilines is 2. The van der Waals surface area contributed by atoms with E-state index in [0.29, 0.717) is 35.1 Å². The first-order valence-electron chi connectivity index (χ1n) is 14.7. The standard InChI is InChI=1S/C37H33N3O5S/c1-3-44-30-18-14-28(15-19-30)38-35(41)25(2)46-32-21-16-29(17-22-32)39-37(43)33(40-36(42)27-12-8-5-9-13-27)24-31-20-23-34(45-31)26-10-6-4-7-11-26/h4-25H,3H2,1-2H3,(H,38,41)(H,39,43)(H,40,42)/b33-24+. The first-order chi connectivity index (χ1) is 22.4. The summed E-state index contributed by atoms with van der Waals surface area (Å²) in [6.45, 7) is 4.32. The first-order valence-corrected chi connectivity index (χ1v) is 15.6. The number of hydrogen-bond donors (Lipinski definition) is 3. The highest BCUT2D eigenvalue weighted by molar-refractivity contribution is 8.00. The van der Waals surface area contributed by atoms with Crippen molar-refractivity contribution in [2.75, 3.05) is 17.2 Å². The van der Waals surface area contributed by atoms with Gasteiger partial charge in [-0.15, -0.1) is 11.8 Å². The largest absolute Gasteiger partial charge is 0.494 e. The molecule has 0 aliphatic carbocycles. The van der Waals surface area contributed by atoms with Crippen LogP contribution in [0.1, 0.15) is 30.0 Å². The molecule has 5 rings (SSSR count). The maximum Gasteiger partial charge on any atom is 0.272 e. The summed E-state index contributed by atoms with van der Waals surface area (Å²) >= 11 is 1.39. The summed E-state index contributed by atoms with van der Waals surface area (Å²) in [5.41, 5.74) is 2.52. The van der Waals surface area contributed by atoms with Crippen LogP contribution in [0.15, 0.2) is 136 Å². The van der Waals surface area contributed by atoms with Crippen molar-refractivity contribution in [1.82, 2.24) is 5.32 Å². The maximum absolute atomic E-state index is 13.4. The van der Waals surface area contributed by atoms with E-state index in [1.54, 1.807) is 54.6 Å². The third-order valence-electron chi connectivity index (χ3n) is 6.73. The fraction of sp³-hybridized carbons (Fsp3) is 0.108. The number of carbonyl (C=O) groups excluding carboxylic acids is 3. The molecule has 1 atom stereocenters. The lowest BCUT2D eigenvalue weighted by Crippen LogP contribution is -2.30. The molecule has 0 saturated heterocycles. The molecule has 0 spiro atoms. The van der Waals surface area contributed by atoms with Crippen molar-refractivity contribution < 1.29 is 23.5 Å². The number of benzene rings is 4. The quantitative estimate of drug-likeness (QED) is 0.0955. The number of carbonyl (C=O) groups is 3. The summed E-state index contributed by atoms with van der Waals surface area (Å²) < 4.78 is 11.4. The number of nitrogens with one attached hydrogen (secondary N) is 3. The molecule has 0 radical (unpaired) electrons. The summed E-state index contributed by atoms with van der Waals surface area (Å²) in [6.07, 6.45) is 1.50. The van der Waals surface area contributed by atoms with E-state index in [1.807, 2.05) is 80.6 Å². The van der Waals surface area contributed by atoms with Gasteiger partial charge in [-0.05, 0) is 86.6 Å². The summed E-state index contributed by atoms with van der Waals surface area (Å²) in [7, 11) is 0. The Morgan fingerprint density at radius 2 is 1.41 bits per heavy atom. The van der Waals surface area contributed by atoms with Crippen molar-refractivity contribution in [3.8, 4) is 17.1 Å². The molecule has 0 aliphatic heterocycles. The van der Waals surface area contributed by atoms with Crippen molar-refractivity contribution in [2.45, 2.75) is 24.0 Å². The van der Waals surface area contributed by atoms with Crippen molar-refractivity contribution in [3.63, 3.8) is 0 Å². The molecule has 46 heavy (non-hydrogen) atoms. The lowest BCUT2D eigenvalue weighted by molar-refractivity contribution is -0.115. The van der Waals surface area contributed by atoms with Gasteiger partial charge in [0.1, 0.15) is 23.0 Å². The van der Waals surface area contributed by atoms with Gasteiger partial charge in [-0.25, -0.2) is 0 Å². The van der Waals surface area contributed by atoms with E-state index < -0.39 is 11.8 Å². The minimum Gasteiger partial charge on any atom is -0.494 e. The predicted octanol–water partition coefficient (Wildman–Crippen LogP) is 7.87. The number of ether oxygens (including phenoxy) is 1. The SMILES string of the molecule is CCOc1ccc(NC(=O)C(C)Sc2ccc(NC(=O)/C(=C\c3ccc(-c4ccccc4)o3)NC(=O)c3ccccc3)cc2)cc1. The van der Waals surface area contributed by atoms with Gasteiger partial charge in [-0.1, -0.05) is 48.5 Å². The molecule has 3 amide bonds. The molecule has 3 N–H and O–H groups in total. The first kappa shape index (κ1) is 31.9. The van der Waals surface area contributed by atoms with Gasteiger partial charge in [0.05, 0.1) is 11.9 Å². The van der Waals surface area contributed by atoms with Crippen molar-refractivity contribution >= 4 is 46.9 Å². The lowest BCUT2D eigenvalue weighted by Gasteiger charge is -2.14. The van der Waals surface area contributed by atoms with Crippen LogP contribution in [0.4, 0.5) is 11.4 Å². The minimum atomic E-state index is -0.523. The summed E-state index contributed by atoms with van der Waals surface area (Å²) in [6, 6.07) is 36.2. The topological polar surface area (TPSA) is 110 Å². The Hall–Kier alpha value is -5.54. The fourth-order valence-corrected chi connectivity index (χ4v) is 5.26. The van der Waals surface area contributed by atoms with Gasteiger partial charge >= 0.3 is 0 Å². The lowest BCUT2D eigenvalue weighted by atomic mass is 10.2. The van der Waals surface area contributed by atoms with Crippen LogP contribution in [-0.4, -0.2) is 29.6 Å². The molecular formula is C37H33N3O5S. The number of hydrogen-bond acceptors (Lipinski definition) is 6. The van der Waals surface area contributed by atoms with Crippen LogP contribution in [0.5, 0.6) is 5.75 Å². The van der Waals surface area contributed by atoms with E-state index in [0.717, 1.165) is 16.2 Å². The van der Waals surface area contributed by atoms with E-state index in [9.17, 15) is 14.4 Å². The zero-order valence-electron chi connectivity index (χ0n) is 25.4. The van der Waals surface area contributed by atoms with Crippen molar-refractivity contribution in [2.24, 2.45) is 0 Å². The zero-order chi connectivity index (χ0) is 32.3. The van der Waals surface area contributed by atoms with Crippen molar-refractivity contribution in [3.05, 3.63) is 138 Å². The van der Waals surface area contributed by atoms with E-state index in [1.165, 1.54) is 17.8 Å². The number of thioether (sulfide) groups is 1. The van der Waals surface area contributed by atoms with Crippen LogP contribution < -0.4 is 20.7 Å². The molecule has 0 fully saturated rings. The van der Waals surface area contributed by atoms with Crippen molar-refractivity contribution in [1.29, 1.82) is 0 Å². The normalized spacial score (nSPS) is 11.7. The molecule has 0 saturated carbocycles. The number of rotatable bonds is 12. The molecule has 1 heterocycles. The van der Waals surface area contributed by atoms with Gasteiger partial charge in [0.2, 0.25) is 5.91 Å². The Balaban J connectivity index is 1.25. The third-order valence-corrected chi connectivity index (χ3v) is 7.84. The van der Waals surface area contributed by atoms with Crippen LogP contribution >= 0.6 is 11.8 Å². The molecule has 0 bridgehead atoms. The molecule has 8 nitrogen and oxygen atoms in total. The van der Waals surface area contributed by atoms with Gasteiger partial charge in [0.15, 0.2) is 0 Å². The Morgan fingerprint density at radius 1 is 0.783 bits per heavy atom. The summed E-state index contributed by atoms with van der Waals surface area (Å²) in [5.74, 6) is 0.697. The third kappa shape index (κ3) is 8.77. The van der Waals surface area contributed by atoms with E-state index >= 15 is 0 Å². The molecule has 4 aromatic carbocycles. The summed E-state index contributed by atoms with van der Waals surface area (Å²) in [5, 5.41) is 8.12. The monoisotopic (exact) mass is 631 g/mol. The van der Waals surface area contributed by atoms with Crippen LogP contribution in [0.3, 0.4) is 0 Å². The van der Waals surface area contributed by atoms with Gasteiger partial charge < -0.3 is 25.1 Å². The average Bonchev–Trinajstić information content (AvgIpc) is 3.55. The van der Waals surface area contributed by atoms with Crippen LogP contribution in [-0.2, 0) is 9.59 Å². The fourth-order valence-electron chi connectivity index (χ4n) is 4.39. The van der Waals surface area contributed by atoms with E-state index in [4.69, 9.17) is 9.15 Å². The minimum absolute atomic E-state index is 0.0147. The maximum atomic E-state index is 13.4. The Kier molecular flexibility index (Phi) is 10.7. The average molecular weight is 632 g/mol. The highest BCUT2D eigenvalue weighted by atomic mass is 32.2. The second-order valence-corrected chi connectivity index (χ2v) is 11.5. The Labute approximate surface area is 271 Å². The molecule has 0 aliphatic rings. The Bertz CT molecular complexity index is 1800. The smallest absolute Gasteiger partial charge is 0.272 e. The van der Waals surface area contributed by atoms with Gasteiger partial charge in [-0.2, -0.15) is 0 Å². The molecule has 1 aromatic heterocycles. The molecule has 9 heteroatoms. The van der Waals surface area contributed by atoms with E-state index in [2.05, 4.69) is 16.0 Å². The molecule has 1 unspecified atom stereocenters. The second-order valence-electron chi connectivity index (χ2n) is 10.1. The molecule has 5 aromatic rings. The van der Waals surface area contributed by atoms with Gasteiger partial charge in [0, 0.05) is 33.5 Å².